The molecule has 92 valence electrons. The number of rotatable bonds is 0. The van der Waals surface area contributed by atoms with E-state index in [-0.39, 0.29) is 11.5 Å². The largest absolute Gasteiger partial charge is 0.388 e. The van der Waals surface area contributed by atoms with Crippen molar-refractivity contribution in [3.05, 3.63) is 34.3 Å². The monoisotopic (exact) mass is 251 g/mol. The molecule has 3 heteroatoms. The van der Waals surface area contributed by atoms with Crippen LogP contribution in [0.5, 0.6) is 0 Å². The number of piperidine rings is 1. The molecule has 3 atom stereocenters. The average molecular weight is 252 g/mol. The highest BCUT2D eigenvalue weighted by atomic mass is 35.5. The molecule has 2 aliphatic rings. The maximum Gasteiger partial charge on any atom is 0.0801 e. The van der Waals surface area contributed by atoms with Gasteiger partial charge in [0.25, 0.3) is 0 Å². The van der Waals surface area contributed by atoms with E-state index in [1.165, 1.54) is 5.56 Å². The molecule has 1 saturated heterocycles. The summed E-state index contributed by atoms with van der Waals surface area (Å²) in [6.45, 7) is 3.25. The molecule has 1 heterocycles. The molecular weight excluding hydrogens is 234 g/mol. The predicted molar refractivity (Wildman–Crippen MR) is 69.4 cm³/mol. The average Bonchev–Trinajstić information content (AvgIpc) is 2.51. The molecule has 2 N–H and O–H groups in total. The third kappa shape index (κ3) is 1.79. The van der Waals surface area contributed by atoms with Crippen LogP contribution in [-0.4, -0.2) is 17.7 Å². The molecule has 1 spiro atoms. The number of aliphatic hydroxyl groups is 1. The fraction of sp³-hybridized carbons (Fsp3) is 0.571. The summed E-state index contributed by atoms with van der Waals surface area (Å²) in [5.41, 5.74) is 2.51. The number of nitrogens with one attached hydrogen (secondary N) is 1. The zero-order chi connectivity index (χ0) is 12.0. The quantitative estimate of drug-likeness (QED) is 0.743. The van der Waals surface area contributed by atoms with E-state index < -0.39 is 0 Å². The van der Waals surface area contributed by atoms with Gasteiger partial charge in [-0.2, -0.15) is 0 Å². The highest BCUT2D eigenvalue weighted by Gasteiger charge is 2.45. The number of aliphatic hydroxyl groups excluding tert-OH is 1. The first-order chi connectivity index (χ1) is 8.11. The Morgan fingerprint density at radius 2 is 2.24 bits per heavy atom. The second kappa shape index (κ2) is 3.98. The van der Waals surface area contributed by atoms with Gasteiger partial charge in [-0.05, 0) is 56.0 Å². The lowest BCUT2D eigenvalue weighted by Gasteiger charge is -2.38. The molecule has 0 aromatic heterocycles. The predicted octanol–water partition coefficient (Wildman–Crippen LogP) is 2.79. The van der Waals surface area contributed by atoms with Crippen molar-refractivity contribution < 1.29 is 5.11 Å². The van der Waals surface area contributed by atoms with Crippen molar-refractivity contribution in [1.29, 1.82) is 0 Å². The van der Waals surface area contributed by atoms with E-state index in [2.05, 4.69) is 18.3 Å². The van der Waals surface area contributed by atoms with Crippen LogP contribution in [0, 0.1) is 0 Å². The number of fused-ring (bicyclic) bond motifs is 2. The van der Waals surface area contributed by atoms with Gasteiger partial charge in [0.15, 0.2) is 0 Å². The third-order valence-electron chi connectivity index (χ3n) is 4.32. The van der Waals surface area contributed by atoms with E-state index in [0.29, 0.717) is 6.04 Å². The van der Waals surface area contributed by atoms with Gasteiger partial charge >= 0.3 is 0 Å². The van der Waals surface area contributed by atoms with Crippen LogP contribution in [0.2, 0.25) is 5.02 Å². The van der Waals surface area contributed by atoms with Gasteiger partial charge in [0, 0.05) is 16.5 Å². The first-order valence-electron chi connectivity index (χ1n) is 6.32. The molecule has 1 aromatic rings. The van der Waals surface area contributed by atoms with E-state index in [9.17, 15) is 5.11 Å². The zero-order valence-corrected chi connectivity index (χ0v) is 10.8. The fourth-order valence-corrected chi connectivity index (χ4v) is 3.79. The van der Waals surface area contributed by atoms with Gasteiger partial charge in [0.05, 0.1) is 6.10 Å². The van der Waals surface area contributed by atoms with Crippen LogP contribution in [0.4, 0.5) is 0 Å². The van der Waals surface area contributed by atoms with Gasteiger partial charge in [-0.3, -0.25) is 0 Å². The molecule has 1 aliphatic carbocycles. The van der Waals surface area contributed by atoms with Crippen LogP contribution in [0.25, 0.3) is 0 Å². The summed E-state index contributed by atoms with van der Waals surface area (Å²) in [6, 6.07) is 6.45. The molecule has 0 bridgehead atoms. The smallest absolute Gasteiger partial charge is 0.0801 e. The van der Waals surface area contributed by atoms with Gasteiger partial charge in [0.1, 0.15) is 0 Å². The van der Waals surface area contributed by atoms with Gasteiger partial charge in [-0.25, -0.2) is 0 Å². The second-order valence-corrected chi connectivity index (χ2v) is 5.98. The SMILES string of the molecule is CC1CC2(CCN1)CC(O)c1ccc(Cl)cc12. The van der Waals surface area contributed by atoms with Crippen molar-refractivity contribution in [2.45, 2.75) is 43.7 Å². The maximum atomic E-state index is 10.2. The lowest BCUT2D eigenvalue weighted by molar-refractivity contribution is 0.135. The Labute approximate surface area is 107 Å². The van der Waals surface area contributed by atoms with Crippen LogP contribution in [-0.2, 0) is 5.41 Å². The summed E-state index contributed by atoms with van der Waals surface area (Å²) in [7, 11) is 0. The van der Waals surface area contributed by atoms with Crippen LogP contribution in [0.15, 0.2) is 18.2 Å². The molecule has 0 saturated carbocycles. The highest BCUT2D eigenvalue weighted by Crippen LogP contribution is 2.51. The minimum Gasteiger partial charge on any atom is -0.388 e. The van der Waals surface area contributed by atoms with Gasteiger partial charge in [-0.15, -0.1) is 0 Å². The Morgan fingerprint density at radius 3 is 3.00 bits per heavy atom. The Morgan fingerprint density at radius 1 is 1.41 bits per heavy atom. The van der Waals surface area contributed by atoms with E-state index in [1.807, 2.05) is 12.1 Å². The lowest BCUT2D eigenvalue weighted by Crippen LogP contribution is -2.44. The Hall–Kier alpha value is -0.570. The summed E-state index contributed by atoms with van der Waals surface area (Å²) in [5, 5.41) is 14.5. The molecule has 17 heavy (non-hydrogen) atoms. The molecule has 0 radical (unpaired) electrons. The maximum absolute atomic E-state index is 10.2. The number of hydrogen-bond acceptors (Lipinski definition) is 2. The van der Waals surface area contributed by atoms with Gasteiger partial charge < -0.3 is 10.4 Å². The Kier molecular flexibility index (Phi) is 2.69. The minimum absolute atomic E-state index is 0.143. The summed E-state index contributed by atoms with van der Waals surface area (Å²) >= 11 is 6.11. The number of halogens is 1. The molecule has 3 rings (SSSR count). The summed E-state index contributed by atoms with van der Waals surface area (Å²) < 4.78 is 0. The minimum atomic E-state index is -0.312. The van der Waals surface area contributed by atoms with Crippen LogP contribution in [0.3, 0.4) is 0 Å². The van der Waals surface area contributed by atoms with Crippen molar-refractivity contribution in [2.75, 3.05) is 6.54 Å². The molecule has 3 unspecified atom stereocenters. The van der Waals surface area contributed by atoms with Crippen LogP contribution in [0.1, 0.15) is 43.4 Å². The number of benzene rings is 1. The Balaban J connectivity index is 2.07. The third-order valence-corrected chi connectivity index (χ3v) is 4.56. The standard InChI is InChI=1S/C14H18ClNO/c1-9-7-14(4-5-16-9)8-13(17)11-3-2-10(15)6-12(11)14/h2-3,6,9,13,16-17H,4-5,7-8H2,1H3. The van der Waals surface area contributed by atoms with Gasteiger partial charge in [0.2, 0.25) is 0 Å². The lowest BCUT2D eigenvalue weighted by atomic mass is 9.72. The van der Waals surface area contributed by atoms with E-state index in [4.69, 9.17) is 11.6 Å². The molecule has 1 aliphatic heterocycles. The molecule has 1 aromatic carbocycles. The molecule has 0 amide bonds. The summed E-state index contributed by atoms with van der Waals surface area (Å²) in [4.78, 5) is 0. The van der Waals surface area contributed by atoms with E-state index in [1.54, 1.807) is 0 Å². The van der Waals surface area contributed by atoms with Crippen molar-refractivity contribution in [2.24, 2.45) is 0 Å². The van der Waals surface area contributed by atoms with Crippen molar-refractivity contribution in [3.63, 3.8) is 0 Å². The molecule has 1 fully saturated rings. The van der Waals surface area contributed by atoms with Crippen molar-refractivity contribution in [3.8, 4) is 0 Å². The van der Waals surface area contributed by atoms with E-state index in [0.717, 1.165) is 36.4 Å². The highest BCUT2D eigenvalue weighted by molar-refractivity contribution is 6.30. The summed E-state index contributed by atoms with van der Waals surface area (Å²) in [6.07, 6.45) is 2.74. The van der Waals surface area contributed by atoms with Crippen molar-refractivity contribution in [1.82, 2.24) is 5.32 Å². The topological polar surface area (TPSA) is 32.3 Å². The van der Waals surface area contributed by atoms with Crippen molar-refractivity contribution >= 4 is 11.6 Å². The molecule has 2 nitrogen and oxygen atoms in total. The van der Waals surface area contributed by atoms with Gasteiger partial charge in [-0.1, -0.05) is 17.7 Å². The number of hydrogen-bond donors (Lipinski definition) is 2. The fourth-order valence-electron chi connectivity index (χ4n) is 3.62. The first kappa shape index (κ1) is 11.5. The summed E-state index contributed by atoms with van der Waals surface area (Å²) in [5.74, 6) is 0. The first-order valence-corrected chi connectivity index (χ1v) is 6.70. The zero-order valence-electron chi connectivity index (χ0n) is 10.0. The normalized spacial score (nSPS) is 36.2. The molecular formula is C14H18ClNO. The van der Waals surface area contributed by atoms with Crippen LogP contribution >= 0.6 is 11.6 Å². The van der Waals surface area contributed by atoms with E-state index >= 15 is 0 Å². The van der Waals surface area contributed by atoms with Crippen LogP contribution < -0.4 is 5.32 Å². The Bertz CT molecular complexity index is 444. The second-order valence-electron chi connectivity index (χ2n) is 5.54.